The number of nitrogens with zero attached hydrogens (tertiary/aromatic N) is 2. The van der Waals surface area contributed by atoms with Gasteiger partial charge >= 0.3 is 0 Å². The molecule has 0 spiro atoms. The van der Waals surface area contributed by atoms with Crippen LogP contribution in [-0.4, -0.2) is 34.6 Å². The lowest BCUT2D eigenvalue weighted by molar-refractivity contribution is 0.613. The zero-order chi connectivity index (χ0) is 10.8. The maximum atomic E-state index is 4.38. The molecule has 1 fully saturated rings. The zero-order valence-corrected chi connectivity index (χ0v) is 9.03. The monoisotopic (exact) mass is 217 g/mol. The van der Waals surface area contributed by atoms with E-state index in [2.05, 4.69) is 25.6 Å². The highest BCUT2D eigenvalue weighted by Crippen LogP contribution is 2.12. The van der Waals surface area contributed by atoms with Crippen molar-refractivity contribution in [1.29, 1.82) is 0 Å². The Balaban J connectivity index is 1.69. The van der Waals surface area contributed by atoms with E-state index < -0.39 is 0 Å². The smallest absolute Gasteiger partial charge is 0.202 e. The Hall–Kier alpha value is -1.62. The van der Waals surface area contributed by atoms with Crippen LogP contribution in [0.3, 0.4) is 0 Å². The van der Waals surface area contributed by atoms with Crippen LogP contribution in [0.25, 0.3) is 11.2 Å². The first-order valence-electron chi connectivity index (χ1n) is 5.67. The van der Waals surface area contributed by atoms with E-state index in [-0.39, 0.29) is 0 Å². The summed E-state index contributed by atoms with van der Waals surface area (Å²) >= 11 is 0. The molecule has 0 saturated carbocycles. The average Bonchev–Trinajstić information content (AvgIpc) is 2.95. The van der Waals surface area contributed by atoms with Crippen molar-refractivity contribution in [3.8, 4) is 0 Å². The predicted molar refractivity (Wildman–Crippen MR) is 63.4 cm³/mol. The Labute approximate surface area is 93.7 Å². The summed E-state index contributed by atoms with van der Waals surface area (Å²) in [5.74, 6) is 1.53. The molecular weight excluding hydrogens is 202 g/mol. The Bertz CT molecular complexity index is 439. The minimum Gasteiger partial charge on any atom is -0.355 e. The molecule has 0 radical (unpaired) electrons. The third-order valence-corrected chi connectivity index (χ3v) is 2.98. The van der Waals surface area contributed by atoms with Gasteiger partial charge in [0.25, 0.3) is 0 Å². The maximum absolute atomic E-state index is 4.38. The van der Waals surface area contributed by atoms with Gasteiger partial charge < -0.3 is 15.6 Å². The van der Waals surface area contributed by atoms with Gasteiger partial charge in [-0.25, -0.2) is 4.98 Å². The van der Waals surface area contributed by atoms with Gasteiger partial charge in [0, 0.05) is 12.7 Å². The van der Waals surface area contributed by atoms with Gasteiger partial charge in [-0.3, -0.25) is 0 Å². The number of aromatic amines is 1. The molecule has 1 aliphatic rings. The van der Waals surface area contributed by atoms with Crippen LogP contribution in [0, 0.1) is 5.92 Å². The summed E-state index contributed by atoms with van der Waals surface area (Å²) in [5.41, 5.74) is 1.75. The molecule has 1 unspecified atom stereocenters. The summed E-state index contributed by atoms with van der Waals surface area (Å²) in [4.78, 5) is 11.8. The molecule has 3 N–H and O–H groups in total. The SMILES string of the molecule is c1cnc2nc(NCC3CCNC3)[nH]c2c1. The summed E-state index contributed by atoms with van der Waals surface area (Å²) in [6.07, 6.45) is 3.00. The number of hydrogen-bond acceptors (Lipinski definition) is 4. The lowest BCUT2D eigenvalue weighted by atomic mass is 10.1. The lowest BCUT2D eigenvalue weighted by Crippen LogP contribution is -2.17. The van der Waals surface area contributed by atoms with Gasteiger partial charge in [-0.2, -0.15) is 4.98 Å². The summed E-state index contributed by atoms with van der Waals surface area (Å²) in [6.45, 7) is 3.20. The molecule has 0 aliphatic carbocycles. The molecule has 84 valence electrons. The third-order valence-electron chi connectivity index (χ3n) is 2.98. The number of aromatic nitrogens is 3. The highest BCUT2D eigenvalue weighted by molar-refractivity contribution is 5.72. The van der Waals surface area contributed by atoms with Gasteiger partial charge in [0.15, 0.2) is 5.65 Å². The topological polar surface area (TPSA) is 65.6 Å². The molecule has 5 nitrogen and oxygen atoms in total. The van der Waals surface area contributed by atoms with E-state index in [0.29, 0.717) is 5.92 Å². The number of imidazole rings is 1. The van der Waals surface area contributed by atoms with Gasteiger partial charge in [-0.1, -0.05) is 0 Å². The molecule has 0 aromatic carbocycles. The third kappa shape index (κ3) is 1.86. The van der Waals surface area contributed by atoms with Crippen molar-refractivity contribution >= 4 is 17.1 Å². The first-order valence-corrected chi connectivity index (χ1v) is 5.67. The van der Waals surface area contributed by atoms with E-state index in [1.807, 2.05) is 12.1 Å². The van der Waals surface area contributed by atoms with Crippen LogP contribution in [0.5, 0.6) is 0 Å². The highest BCUT2D eigenvalue weighted by atomic mass is 15.1. The molecule has 16 heavy (non-hydrogen) atoms. The van der Waals surface area contributed by atoms with Crippen molar-refractivity contribution in [2.75, 3.05) is 25.0 Å². The molecule has 3 heterocycles. The Kier molecular flexibility index (Phi) is 2.46. The number of anilines is 1. The Morgan fingerprint density at radius 3 is 3.31 bits per heavy atom. The standard InChI is InChI=1S/C11H15N5/c1-2-9-10(13-4-1)16-11(15-9)14-7-8-3-5-12-6-8/h1-2,4,8,12H,3,5-7H2,(H2,13,14,15,16). The molecule has 1 saturated heterocycles. The van der Waals surface area contributed by atoms with Crippen LogP contribution >= 0.6 is 0 Å². The van der Waals surface area contributed by atoms with Gasteiger partial charge in [0.2, 0.25) is 5.95 Å². The molecule has 0 amide bonds. The van der Waals surface area contributed by atoms with Crippen LogP contribution < -0.4 is 10.6 Å². The molecule has 2 aromatic heterocycles. The number of pyridine rings is 1. The van der Waals surface area contributed by atoms with E-state index in [0.717, 1.165) is 36.7 Å². The number of fused-ring (bicyclic) bond motifs is 1. The fraction of sp³-hybridized carbons (Fsp3) is 0.455. The summed E-state index contributed by atoms with van der Waals surface area (Å²) in [5, 5.41) is 6.68. The van der Waals surface area contributed by atoms with Crippen molar-refractivity contribution in [3.63, 3.8) is 0 Å². The second-order valence-corrected chi connectivity index (χ2v) is 4.20. The first kappa shape index (κ1) is 9.59. The minimum atomic E-state index is 0.709. The number of nitrogens with one attached hydrogen (secondary N) is 3. The fourth-order valence-electron chi connectivity index (χ4n) is 2.06. The number of rotatable bonds is 3. The van der Waals surface area contributed by atoms with Gasteiger partial charge in [-0.15, -0.1) is 0 Å². The summed E-state index contributed by atoms with van der Waals surface area (Å²) in [7, 11) is 0. The zero-order valence-electron chi connectivity index (χ0n) is 9.03. The van der Waals surface area contributed by atoms with Crippen molar-refractivity contribution in [3.05, 3.63) is 18.3 Å². The van der Waals surface area contributed by atoms with Crippen molar-refractivity contribution in [1.82, 2.24) is 20.3 Å². The van der Waals surface area contributed by atoms with Crippen LogP contribution in [-0.2, 0) is 0 Å². The van der Waals surface area contributed by atoms with Crippen molar-refractivity contribution < 1.29 is 0 Å². The summed E-state index contributed by atoms with van der Waals surface area (Å²) < 4.78 is 0. The second-order valence-electron chi connectivity index (χ2n) is 4.20. The Morgan fingerprint density at radius 2 is 2.50 bits per heavy atom. The van der Waals surface area contributed by atoms with E-state index >= 15 is 0 Å². The number of hydrogen-bond donors (Lipinski definition) is 3. The van der Waals surface area contributed by atoms with Crippen LogP contribution in [0.2, 0.25) is 0 Å². The molecule has 1 aliphatic heterocycles. The quantitative estimate of drug-likeness (QED) is 0.717. The molecule has 5 heteroatoms. The van der Waals surface area contributed by atoms with Gasteiger partial charge in [-0.05, 0) is 37.6 Å². The fourth-order valence-corrected chi connectivity index (χ4v) is 2.06. The highest BCUT2D eigenvalue weighted by Gasteiger charge is 2.14. The minimum absolute atomic E-state index is 0.709. The number of H-pyrrole nitrogens is 1. The first-order chi connectivity index (χ1) is 7.92. The molecule has 0 bridgehead atoms. The molecule has 1 atom stereocenters. The lowest BCUT2D eigenvalue weighted by Gasteiger charge is -2.07. The average molecular weight is 217 g/mol. The van der Waals surface area contributed by atoms with Crippen molar-refractivity contribution in [2.45, 2.75) is 6.42 Å². The van der Waals surface area contributed by atoms with Crippen LogP contribution in [0.15, 0.2) is 18.3 Å². The van der Waals surface area contributed by atoms with E-state index in [4.69, 9.17) is 0 Å². The van der Waals surface area contributed by atoms with Crippen molar-refractivity contribution in [2.24, 2.45) is 5.92 Å². The van der Waals surface area contributed by atoms with E-state index in [9.17, 15) is 0 Å². The normalized spacial score (nSPS) is 20.4. The molecular formula is C11H15N5. The largest absolute Gasteiger partial charge is 0.355 e. The molecule has 3 rings (SSSR count). The van der Waals surface area contributed by atoms with Gasteiger partial charge in [0.05, 0.1) is 5.52 Å². The van der Waals surface area contributed by atoms with Crippen LogP contribution in [0.4, 0.5) is 5.95 Å². The summed E-state index contributed by atoms with van der Waals surface area (Å²) in [6, 6.07) is 3.89. The second kappa shape index (κ2) is 4.09. The molecule has 2 aromatic rings. The maximum Gasteiger partial charge on any atom is 0.202 e. The van der Waals surface area contributed by atoms with E-state index in [1.165, 1.54) is 6.42 Å². The predicted octanol–water partition coefficient (Wildman–Crippen LogP) is 0.979. The van der Waals surface area contributed by atoms with E-state index in [1.54, 1.807) is 6.20 Å². The Morgan fingerprint density at radius 1 is 1.50 bits per heavy atom. The van der Waals surface area contributed by atoms with Gasteiger partial charge in [0.1, 0.15) is 0 Å². The van der Waals surface area contributed by atoms with Crippen LogP contribution in [0.1, 0.15) is 6.42 Å².